The molecule has 1 aliphatic heterocycles. The molecule has 1 aromatic carbocycles. The second-order valence-corrected chi connectivity index (χ2v) is 3.30. The summed E-state index contributed by atoms with van der Waals surface area (Å²) in [4.78, 5) is 10.2. The van der Waals surface area contributed by atoms with Crippen molar-refractivity contribution in [3.63, 3.8) is 0 Å². The summed E-state index contributed by atoms with van der Waals surface area (Å²) >= 11 is 0. The number of carbonyl (C=O) groups excluding carboxylic acids is 1. The number of rotatable bonds is 3. The molecule has 13 heavy (non-hydrogen) atoms. The lowest BCUT2D eigenvalue weighted by Crippen LogP contribution is -2.12. The Labute approximate surface area is 77.5 Å². The Kier molecular flexibility index (Phi) is 2.30. The van der Waals surface area contributed by atoms with E-state index in [0.29, 0.717) is 6.42 Å². The number of benzene rings is 1. The van der Waals surface area contributed by atoms with E-state index in [1.807, 2.05) is 18.2 Å². The molecule has 1 aliphatic rings. The van der Waals surface area contributed by atoms with Gasteiger partial charge in [0.1, 0.15) is 18.1 Å². The second kappa shape index (κ2) is 3.60. The van der Waals surface area contributed by atoms with Crippen LogP contribution >= 0.6 is 0 Å². The van der Waals surface area contributed by atoms with Crippen molar-refractivity contribution in [2.24, 2.45) is 0 Å². The van der Waals surface area contributed by atoms with Gasteiger partial charge in [-0.05, 0) is 18.1 Å². The van der Waals surface area contributed by atoms with Crippen LogP contribution in [-0.2, 0) is 11.2 Å². The molecule has 2 heteroatoms. The lowest BCUT2D eigenvalue weighted by atomic mass is 10.1. The van der Waals surface area contributed by atoms with E-state index in [4.69, 9.17) is 4.74 Å². The number of hydrogen-bond donors (Lipinski definition) is 0. The highest BCUT2D eigenvalue weighted by Crippen LogP contribution is 2.29. The highest BCUT2D eigenvalue weighted by molar-refractivity contribution is 5.49. The Morgan fingerprint density at radius 1 is 1.46 bits per heavy atom. The Bertz CT molecular complexity index is 282. The zero-order chi connectivity index (χ0) is 9.10. The van der Waals surface area contributed by atoms with E-state index in [-0.39, 0.29) is 6.10 Å². The number of aldehydes is 1. The van der Waals surface area contributed by atoms with E-state index in [9.17, 15) is 4.79 Å². The minimum Gasteiger partial charge on any atom is -0.490 e. The Morgan fingerprint density at radius 2 is 2.31 bits per heavy atom. The van der Waals surface area contributed by atoms with Crippen LogP contribution in [0.4, 0.5) is 0 Å². The normalized spacial score (nSPS) is 19.2. The third kappa shape index (κ3) is 1.72. The summed E-state index contributed by atoms with van der Waals surface area (Å²) in [5.41, 5.74) is 1.26. The van der Waals surface area contributed by atoms with Gasteiger partial charge in [0.15, 0.2) is 0 Å². The summed E-state index contributed by atoms with van der Waals surface area (Å²) in [7, 11) is 0. The topological polar surface area (TPSA) is 26.3 Å². The summed E-state index contributed by atoms with van der Waals surface area (Å²) in [5.74, 6) is 0.985. The molecule has 0 amide bonds. The van der Waals surface area contributed by atoms with Crippen molar-refractivity contribution in [2.75, 3.05) is 0 Å². The van der Waals surface area contributed by atoms with Crippen LogP contribution in [0.15, 0.2) is 24.3 Å². The summed E-state index contributed by atoms with van der Waals surface area (Å²) in [5, 5.41) is 0. The van der Waals surface area contributed by atoms with Crippen molar-refractivity contribution in [2.45, 2.75) is 25.4 Å². The molecular formula is C11H12O2. The fraction of sp³-hybridized carbons (Fsp3) is 0.364. The van der Waals surface area contributed by atoms with Crippen molar-refractivity contribution in [3.05, 3.63) is 29.8 Å². The molecule has 1 unspecified atom stereocenters. The van der Waals surface area contributed by atoms with E-state index in [0.717, 1.165) is 24.9 Å². The van der Waals surface area contributed by atoms with E-state index in [1.54, 1.807) is 0 Å². The summed E-state index contributed by atoms with van der Waals surface area (Å²) in [6, 6.07) is 8.05. The lowest BCUT2D eigenvalue weighted by molar-refractivity contribution is -0.108. The van der Waals surface area contributed by atoms with Crippen LogP contribution in [0, 0.1) is 0 Å². The first-order valence-corrected chi connectivity index (χ1v) is 4.58. The van der Waals surface area contributed by atoms with Gasteiger partial charge >= 0.3 is 0 Å². The summed E-state index contributed by atoms with van der Waals surface area (Å²) in [6.45, 7) is 0. The molecule has 1 atom stereocenters. The third-order valence-corrected chi connectivity index (χ3v) is 2.32. The minimum absolute atomic E-state index is 0.211. The molecule has 0 spiro atoms. The van der Waals surface area contributed by atoms with Gasteiger partial charge in [0.05, 0.1) is 0 Å². The average Bonchev–Trinajstić information content (AvgIpc) is 2.57. The van der Waals surface area contributed by atoms with Crippen LogP contribution in [0.1, 0.15) is 18.4 Å². The van der Waals surface area contributed by atoms with Crippen LogP contribution in [-0.4, -0.2) is 12.4 Å². The number of ether oxygens (including phenoxy) is 1. The second-order valence-electron chi connectivity index (χ2n) is 3.30. The highest BCUT2D eigenvalue weighted by atomic mass is 16.5. The monoisotopic (exact) mass is 176 g/mol. The van der Waals surface area contributed by atoms with Crippen LogP contribution in [0.25, 0.3) is 0 Å². The standard InChI is InChI=1S/C11H12O2/c12-7-3-5-10-8-9-4-1-2-6-11(9)13-10/h1-2,4,6-7,10H,3,5,8H2. The molecule has 68 valence electrons. The first-order chi connectivity index (χ1) is 6.40. The van der Waals surface area contributed by atoms with E-state index in [1.165, 1.54) is 5.56 Å². The van der Waals surface area contributed by atoms with Crippen molar-refractivity contribution >= 4 is 6.29 Å². The maximum Gasteiger partial charge on any atom is 0.123 e. The van der Waals surface area contributed by atoms with Crippen molar-refractivity contribution in [1.82, 2.24) is 0 Å². The smallest absolute Gasteiger partial charge is 0.123 e. The predicted octanol–water partition coefficient (Wildman–Crippen LogP) is 1.97. The molecule has 1 heterocycles. The molecule has 2 rings (SSSR count). The first kappa shape index (κ1) is 8.30. The SMILES string of the molecule is O=CCCC1Cc2ccccc2O1. The Hall–Kier alpha value is -1.31. The van der Waals surface area contributed by atoms with E-state index in [2.05, 4.69) is 6.07 Å². The van der Waals surface area contributed by atoms with Crippen molar-refractivity contribution in [1.29, 1.82) is 0 Å². The van der Waals surface area contributed by atoms with E-state index < -0.39 is 0 Å². The zero-order valence-corrected chi connectivity index (χ0v) is 7.40. The van der Waals surface area contributed by atoms with Crippen molar-refractivity contribution in [3.8, 4) is 5.75 Å². The molecule has 0 fully saturated rings. The van der Waals surface area contributed by atoms with Crippen LogP contribution in [0.2, 0.25) is 0 Å². The molecule has 0 N–H and O–H groups in total. The van der Waals surface area contributed by atoms with Gasteiger partial charge in [-0.2, -0.15) is 0 Å². The fourth-order valence-electron chi connectivity index (χ4n) is 1.67. The molecule has 0 aromatic heterocycles. The largest absolute Gasteiger partial charge is 0.490 e. The number of fused-ring (bicyclic) bond motifs is 1. The molecule has 2 nitrogen and oxygen atoms in total. The molecular weight excluding hydrogens is 164 g/mol. The van der Waals surface area contributed by atoms with Gasteiger partial charge in [-0.3, -0.25) is 0 Å². The molecule has 0 saturated carbocycles. The van der Waals surface area contributed by atoms with Gasteiger partial charge in [0.25, 0.3) is 0 Å². The summed E-state index contributed by atoms with van der Waals surface area (Å²) < 4.78 is 5.65. The first-order valence-electron chi connectivity index (χ1n) is 4.58. The van der Waals surface area contributed by atoms with Gasteiger partial charge < -0.3 is 9.53 Å². The van der Waals surface area contributed by atoms with Gasteiger partial charge in [-0.1, -0.05) is 18.2 Å². The Balaban J connectivity index is 2.01. The number of para-hydroxylation sites is 1. The maximum atomic E-state index is 10.2. The molecule has 1 aromatic rings. The maximum absolute atomic E-state index is 10.2. The summed E-state index contributed by atoms with van der Waals surface area (Å²) in [6.07, 6.45) is 3.54. The van der Waals surface area contributed by atoms with Gasteiger partial charge in [-0.15, -0.1) is 0 Å². The number of hydrogen-bond acceptors (Lipinski definition) is 2. The van der Waals surface area contributed by atoms with E-state index >= 15 is 0 Å². The molecule has 0 radical (unpaired) electrons. The van der Waals surface area contributed by atoms with Gasteiger partial charge in [-0.25, -0.2) is 0 Å². The van der Waals surface area contributed by atoms with Crippen molar-refractivity contribution < 1.29 is 9.53 Å². The number of carbonyl (C=O) groups is 1. The van der Waals surface area contributed by atoms with Crippen LogP contribution < -0.4 is 4.74 Å². The van der Waals surface area contributed by atoms with Crippen LogP contribution in [0.5, 0.6) is 5.75 Å². The minimum atomic E-state index is 0.211. The predicted molar refractivity (Wildman–Crippen MR) is 49.9 cm³/mol. The Morgan fingerprint density at radius 3 is 3.08 bits per heavy atom. The average molecular weight is 176 g/mol. The molecule has 0 aliphatic carbocycles. The fourth-order valence-corrected chi connectivity index (χ4v) is 1.67. The zero-order valence-electron chi connectivity index (χ0n) is 7.40. The third-order valence-electron chi connectivity index (χ3n) is 2.32. The van der Waals surface area contributed by atoms with Gasteiger partial charge in [0, 0.05) is 12.8 Å². The van der Waals surface area contributed by atoms with Crippen LogP contribution in [0.3, 0.4) is 0 Å². The van der Waals surface area contributed by atoms with Gasteiger partial charge in [0.2, 0.25) is 0 Å². The molecule has 0 saturated heterocycles. The lowest BCUT2D eigenvalue weighted by Gasteiger charge is -2.07. The molecule has 0 bridgehead atoms. The quantitative estimate of drug-likeness (QED) is 0.658. The highest BCUT2D eigenvalue weighted by Gasteiger charge is 2.21.